The number of hydrogen-bond donors (Lipinski definition) is 1. The van der Waals surface area contributed by atoms with Crippen LogP contribution in [0.1, 0.15) is 12.5 Å². The molecule has 0 radical (unpaired) electrons. The third-order valence-corrected chi connectivity index (χ3v) is 4.24. The van der Waals surface area contributed by atoms with Crippen LogP contribution in [0.25, 0.3) is 16.8 Å². The Morgan fingerprint density at radius 1 is 1.00 bits per heavy atom. The molecule has 0 atom stereocenters. The van der Waals surface area contributed by atoms with E-state index < -0.39 is 0 Å². The fourth-order valence-electron chi connectivity index (χ4n) is 2.92. The van der Waals surface area contributed by atoms with E-state index in [-0.39, 0.29) is 18.1 Å². The summed E-state index contributed by atoms with van der Waals surface area (Å²) in [6, 6.07) is 22.1. The summed E-state index contributed by atoms with van der Waals surface area (Å²) in [7, 11) is 0. The van der Waals surface area contributed by atoms with E-state index in [2.05, 4.69) is 5.32 Å². The largest absolute Gasteiger partial charge is 0.490 e. The molecule has 1 amide bonds. The van der Waals surface area contributed by atoms with Gasteiger partial charge in [0.1, 0.15) is 17.7 Å². The number of anilines is 1. The van der Waals surface area contributed by atoms with E-state index in [1.807, 2.05) is 61.5 Å². The second-order valence-corrected chi connectivity index (χ2v) is 6.28. The summed E-state index contributed by atoms with van der Waals surface area (Å²) < 4.78 is 11.2. The fraction of sp³-hybridized carbons (Fsp3) is 0.125. The molecule has 0 aliphatic rings. The van der Waals surface area contributed by atoms with Gasteiger partial charge in [-0.05, 0) is 42.1 Å². The molecule has 3 aromatic carbocycles. The SMILES string of the molecule is CCOc1cc(C=C(C#N)C#N)ccc1OCC(=O)Nc1cccc2ccccc12. The molecule has 0 aliphatic heterocycles. The van der Waals surface area contributed by atoms with E-state index in [0.717, 1.165) is 10.8 Å². The minimum atomic E-state index is -0.297. The number of nitriles is 2. The Bertz CT molecular complexity index is 1170. The summed E-state index contributed by atoms with van der Waals surface area (Å²) in [5.41, 5.74) is 1.33. The molecule has 30 heavy (non-hydrogen) atoms. The van der Waals surface area contributed by atoms with Crippen LogP contribution in [0.3, 0.4) is 0 Å². The van der Waals surface area contributed by atoms with Crippen LogP contribution in [0.4, 0.5) is 5.69 Å². The molecule has 3 aromatic rings. The number of hydrogen-bond acceptors (Lipinski definition) is 5. The van der Waals surface area contributed by atoms with Gasteiger partial charge in [0.25, 0.3) is 5.91 Å². The molecule has 1 N–H and O–H groups in total. The maximum absolute atomic E-state index is 12.4. The van der Waals surface area contributed by atoms with E-state index in [1.54, 1.807) is 18.2 Å². The lowest BCUT2D eigenvalue weighted by atomic mass is 10.1. The fourth-order valence-corrected chi connectivity index (χ4v) is 2.92. The average molecular weight is 397 g/mol. The number of rotatable bonds is 7. The molecular weight excluding hydrogens is 378 g/mol. The first-order valence-electron chi connectivity index (χ1n) is 9.33. The summed E-state index contributed by atoms with van der Waals surface area (Å²) in [5.74, 6) is 0.533. The van der Waals surface area contributed by atoms with Crippen molar-refractivity contribution in [1.82, 2.24) is 0 Å². The third-order valence-electron chi connectivity index (χ3n) is 4.24. The molecule has 0 fully saturated rings. The summed E-state index contributed by atoms with van der Waals surface area (Å²) in [6.07, 6.45) is 1.46. The molecule has 6 heteroatoms. The Labute approximate surface area is 174 Å². The van der Waals surface area contributed by atoms with E-state index in [4.69, 9.17) is 20.0 Å². The summed E-state index contributed by atoms with van der Waals surface area (Å²) in [4.78, 5) is 12.4. The minimum absolute atomic E-state index is 0.0133. The van der Waals surface area contributed by atoms with Gasteiger partial charge in [0, 0.05) is 11.1 Å². The predicted molar refractivity (Wildman–Crippen MR) is 115 cm³/mol. The van der Waals surface area contributed by atoms with Crippen LogP contribution < -0.4 is 14.8 Å². The smallest absolute Gasteiger partial charge is 0.262 e. The van der Waals surface area contributed by atoms with Crippen LogP contribution in [-0.4, -0.2) is 19.1 Å². The second kappa shape index (κ2) is 9.77. The minimum Gasteiger partial charge on any atom is -0.490 e. The molecule has 0 spiro atoms. The van der Waals surface area contributed by atoms with Crippen molar-refractivity contribution in [3.63, 3.8) is 0 Å². The van der Waals surface area contributed by atoms with Crippen molar-refractivity contribution in [3.8, 4) is 23.6 Å². The van der Waals surface area contributed by atoms with Crippen molar-refractivity contribution in [3.05, 3.63) is 71.8 Å². The maximum atomic E-state index is 12.4. The average Bonchev–Trinajstić information content (AvgIpc) is 2.77. The van der Waals surface area contributed by atoms with Gasteiger partial charge in [0.05, 0.1) is 6.61 Å². The Morgan fingerprint density at radius 2 is 1.77 bits per heavy atom. The summed E-state index contributed by atoms with van der Waals surface area (Å²) in [6.45, 7) is 2.03. The van der Waals surface area contributed by atoms with E-state index in [1.165, 1.54) is 6.08 Å². The number of nitrogens with zero attached hydrogens (tertiary/aromatic N) is 2. The molecule has 3 rings (SSSR count). The Kier molecular flexibility index (Phi) is 6.66. The van der Waals surface area contributed by atoms with Gasteiger partial charge in [-0.1, -0.05) is 42.5 Å². The van der Waals surface area contributed by atoms with Gasteiger partial charge in [0.2, 0.25) is 0 Å². The standard InChI is InChI=1S/C24H19N3O3/c1-2-29-23-13-17(12-18(14-25)15-26)10-11-22(23)30-16-24(28)27-21-9-5-7-19-6-3-4-8-20(19)21/h3-13H,2,16H2,1H3,(H,27,28). The number of amides is 1. The van der Waals surface area contributed by atoms with Crippen LogP contribution in [0, 0.1) is 22.7 Å². The van der Waals surface area contributed by atoms with Crippen LogP contribution in [0.15, 0.2) is 66.2 Å². The third kappa shape index (κ3) is 4.95. The van der Waals surface area contributed by atoms with Gasteiger partial charge in [-0.15, -0.1) is 0 Å². The van der Waals surface area contributed by atoms with Gasteiger partial charge in [-0.2, -0.15) is 10.5 Å². The lowest BCUT2D eigenvalue weighted by molar-refractivity contribution is -0.118. The monoisotopic (exact) mass is 397 g/mol. The first-order valence-corrected chi connectivity index (χ1v) is 9.33. The quantitative estimate of drug-likeness (QED) is 0.584. The lowest BCUT2D eigenvalue weighted by Gasteiger charge is -2.13. The number of allylic oxidation sites excluding steroid dienone is 1. The zero-order valence-corrected chi connectivity index (χ0v) is 16.4. The second-order valence-electron chi connectivity index (χ2n) is 6.28. The van der Waals surface area contributed by atoms with Crippen molar-refractivity contribution >= 4 is 28.4 Å². The Hall–Kier alpha value is -4.29. The first-order chi connectivity index (χ1) is 14.6. The van der Waals surface area contributed by atoms with E-state index >= 15 is 0 Å². The van der Waals surface area contributed by atoms with E-state index in [0.29, 0.717) is 29.4 Å². The highest BCUT2D eigenvalue weighted by molar-refractivity contribution is 6.02. The van der Waals surface area contributed by atoms with Crippen molar-refractivity contribution in [2.24, 2.45) is 0 Å². The van der Waals surface area contributed by atoms with Gasteiger partial charge in [0.15, 0.2) is 18.1 Å². The summed E-state index contributed by atoms with van der Waals surface area (Å²) >= 11 is 0. The zero-order valence-electron chi connectivity index (χ0n) is 16.4. The van der Waals surface area contributed by atoms with Gasteiger partial charge in [-0.3, -0.25) is 4.79 Å². The first kappa shape index (κ1) is 20.4. The molecule has 0 saturated heterocycles. The van der Waals surface area contributed by atoms with Crippen molar-refractivity contribution in [2.75, 3.05) is 18.5 Å². The number of ether oxygens (including phenoxy) is 2. The highest BCUT2D eigenvalue weighted by Gasteiger charge is 2.11. The highest BCUT2D eigenvalue weighted by Crippen LogP contribution is 2.29. The number of benzene rings is 3. The van der Waals surface area contributed by atoms with Crippen LogP contribution in [-0.2, 0) is 4.79 Å². The molecule has 148 valence electrons. The molecular formula is C24H19N3O3. The molecule has 0 aliphatic carbocycles. The Balaban J connectivity index is 1.73. The molecule has 0 saturated carbocycles. The molecule has 6 nitrogen and oxygen atoms in total. The van der Waals surface area contributed by atoms with Crippen LogP contribution in [0.5, 0.6) is 11.5 Å². The number of nitrogens with one attached hydrogen (secondary N) is 1. The molecule has 0 bridgehead atoms. The topological polar surface area (TPSA) is 95.1 Å². The lowest BCUT2D eigenvalue weighted by Crippen LogP contribution is -2.20. The van der Waals surface area contributed by atoms with E-state index in [9.17, 15) is 4.79 Å². The zero-order chi connectivity index (χ0) is 21.3. The van der Waals surface area contributed by atoms with Crippen LogP contribution >= 0.6 is 0 Å². The van der Waals surface area contributed by atoms with Crippen molar-refractivity contribution in [2.45, 2.75) is 6.92 Å². The van der Waals surface area contributed by atoms with Crippen LogP contribution in [0.2, 0.25) is 0 Å². The predicted octanol–water partition coefficient (Wildman–Crippen LogP) is 4.69. The molecule has 0 heterocycles. The van der Waals surface area contributed by atoms with Crippen molar-refractivity contribution in [1.29, 1.82) is 10.5 Å². The maximum Gasteiger partial charge on any atom is 0.262 e. The number of fused-ring (bicyclic) bond motifs is 1. The van der Waals surface area contributed by atoms with Gasteiger partial charge < -0.3 is 14.8 Å². The Morgan fingerprint density at radius 3 is 2.53 bits per heavy atom. The molecule has 0 aromatic heterocycles. The van der Waals surface area contributed by atoms with Gasteiger partial charge in [-0.25, -0.2) is 0 Å². The number of carbonyl (C=O) groups excluding carboxylic acids is 1. The van der Waals surface area contributed by atoms with Crippen molar-refractivity contribution < 1.29 is 14.3 Å². The number of carbonyl (C=O) groups is 1. The molecule has 0 unspecified atom stereocenters. The highest BCUT2D eigenvalue weighted by atomic mass is 16.5. The summed E-state index contributed by atoms with van der Waals surface area (Å²) in [5, 5.41) is 22.7. The van der Waals surface area contributed by atoms with Gasteiger partial charge >= 0.3 is 0 Å². The normalized spacial score (nSPS) is 9.83.